The van der Waals surface area contributed by atoms with Gasteiger partial charge < -0.3 is 36.2 Å². The standard InChI is InChI=1S/C31H46N6O7/c1-17(2)13-23-30(42)35-24(14-20-7-9-21(44-6)10-8-20)29(41)32-19(5)28(40)36-25(18(3)4)15-37(16-27(39)34-23)31(43)22-11-12-26(38)33-22/h7-10,17-19,22-25H,11-16H2,1-6H3,(H,32,41)(H,33,38)(H,34,39)(H,35,42)(H,36,40)/t19-,22+,23+,24+,25-/m1/s1. The van der Waals surface area contributed by atoms with E-state index >= 15 is 0 Å². The second kappa shape index (κ2) is 15.5. The minimum absolute atomic E-state index is 0.0101. The van der Waals surface area contributed by atoms with Crippen LogP contribution in [0.5, 0.6) is 5.75 Å². The van der Waals surface area contributed by atoms with Crippen molar-refractivity contribution in [2.24, 2.45) is 11.8 Å². The lowest BCUT2D eigenvalue weighted by molar-refractivity contribution is -0.139. The lowest BCUT2D eigenvalue weighted by atomic mass is 10.0. The van der Waals surface area contributed by atoms with E-state index in [0.29, 0.717) is 12.2 Å². The third-order valence-corrected chi connectivity index (χ3v) is 7.83. The first-order chi connectivity index (χ1) is 20.8. The smallest absolute Gasteiger partial charge is 0.245 e. The van der Waals surface area contributed by atoms with E-state index in [1.165, 1.54) is 4.90 Å². The number of ether oxygens (including phenoxy) is 1. The van der Waals surface area contributed by atoms with Crippen LogP contribution in [0.15, 0.2) is 24.3 Å². The van der Waals surface area contributed by atoms with Gasteiger partial charge in [-0.25, -0.2) is 0 Å². The van der Waals surface area contributed by atoms with E-state index in [4.69, 9.17) is 4.74 Å². The molecule has 0 unspecified atom stereocenters. The normalized spacial score (nSPS) is 25.8. The fourth-order valence-electron chi connectivity index (χ4n) is 5.20. The van der Waals surface area contributed by atoms with Gasteiger partial charge in [0.2, 0.25) is 35.4 Å². The van der Waals surface area contributed by atoms with E-state index < -0.39 is 59.7 Å². The SMILES string of the molecule is COc1ccc(C[C@@H]2NC(=O)[C@H](CC(C)C)NC(=O)CN(C(=O)[C@@H]3CCC(=O)N3)C[C@H](C(C)C)NC(=O)[C@@H](C)NC2=O)cc1. The Kier molecular flexibility index (Phi) is 12.1. The Labute approximate surface area is 258 Å². The van der Waals surface area contributed by atoms with Crippen molar-refractivity contribution in [3.63, 3.8) is 0 Å². The molecule has 1 aromatic rings. The molecule has 44 heavy (non-hydrogen) atoms. The van der Waals surface area contributed by atoms with Gasteiger partial charge in [-0.1, -0.05) is 39.8 Å². The molecule has 2 heterocycles. The molecule has 13 heteroatoms. The lowest BCUT2D eigenvalue weighted by Gasteiger charge is -2.32. The summed E-state index contributed by atoms with van der Waals surface area (Å²) in [5.74, 6) is -2.36. The molecule has 6 amide bonds. The van der Waals surface area contributed by atoms with Gasteiger partial charge in [-0.05, 0) is 49.3 Å². The summed E-state index contributed by atoms with van der Waals surface area (Å²) in [6, 6.07) is 2.70. The highest BCUT2D eigenvalue weighted by molar-refractivity contribution is 5.96. The van der Waals surface area contributed by atoms with Crippen LogP contribution < -0.4 is 31.3 Å². The van der Waals surface area contributed by atoms with Gasteiger partial charge in [-0.15, -0.1) is 0 Å². The molecule has 0 aliphatic carbocycles. The maximum atomic E-state index is 13.6. The van der Waals surface area contributed by atoms with E-state index in [-0.39, 0.29) is 50.1 Å². The van der Waals surface area contributed by atoms with Crippen molar-refractivity contribution < 1.29 is 33.5 Å². The predicted molar refractivity (Wildman–Crippen MR) is 162 cm³/mol. The van der Waals surface area contributed by atoms with Crippen LogP contribution in [0.25, 0.3) is 0 Å². The molecule has 13 nitrogen and oxygen atoms in total. The molecule has 5 atom stereocenters. The van der Waals surface area contributed by atoms with Crippen molar-refractivity contribution in [2.45, 2.75) is 90.5 Å². The summed E-state index contributed by atoms with van der Waals surface area (Å²) in [7, 11) is 1.55. The Morgan fingerprint density at radius 1 is 0.864 bits per heavy atom. The number of amides is 6. The summed E-state index contributed by atoms with van der Waals surface area (Å²) in [6.45, 7) is 8.70. The summed E-state index contributed by atoms with van der Waals surface area (Å²) < 4.78 is 5.21. The zero-order valence-electron chi connectivity index (χ0n) is 26.4. The lowest BCUT2D eigenvalue weighted by Crippen LogP contribution is -2.57. The first-order valence-electron chi connectivity index (χ1n) is 15.2. The van der Waals surface area contributed by atoms with Crippen molar-refractivity contribution in [3.8, 4) is 5.75 Å². The second-order valence-electron chi connectivity index (χ2n) is 12.3. The molecule has 2 aliphatic heterocycles. The fourth-order valence-corrected chi connectivity index (χ4v) is 5.20. The Bertz CT molecular complexity index is 1220. The molecule has 2 aliphatic rings. The molecular weight excluding hydrogens is 568 g/mol. The van der Waals surface area contributed by atoms with Crippen LogP contribution in [0.4, 0.5) is 0 Å². The number of carbonyl (C=O) groups is 6. The summed E-state index contributed by atoms with van der Waals surface area (Å²) in [5, 5.41) is 13.8. The number of nitrogens with one attached hydrogen (secondary N) is 5. The topological polar surface area (TPSA) is 175 Å². The zero-order valence-corrected chi connectivity index (χ0v) is 26.4. The van der Waals surface area contributed by atoms with Gasteiger partial charge in [0.25, 0.3) is 0 Å². The molecule has 5 N–H and O–H groups in total. The van der Waals surface area contributed by atoms with Crippen LogP contribution in [-0.2, 0) is 35.2 Å². The van der Waals surface area contributed by atoms with Crippen LogP contribution in [0.1, 0.15) is 59.4 Å². The molecule has 2 fully saturated rings. The van der Waals surface area contributed by atoms with Crippen molar-refractivity contribution in [1.29, 1.82) is 0 Å². The number of hydrogen-bond donors (Lipinski definition) is 5. The monoisotopic (exact) mass is 614 g/mol. The maximum absolute atomic E-state index is 13.6. The van der Waals surface area contributed by atoms with Crippen molar-refractivity contribution in [1.82, 2.24) is 31.5 Å². The summed E-state index contributed by atoms with van der Waals surface area (Å²) >= 11 is 0. The zero-order chi connectivity index (χ0) is 32.6. The second-order valence-corrected chi connectivity index (χ2v) is 12.3. The molecule has 1 aromatic carbocycles. The first-order valence-corrected chi connectivity index (χ1v) is 15.2. The average molecular weight is 615 g/mol. The number of benzene rings is 1. The quantitative estimate of drug-likeness (QED) is 0.288. The number of hydrogen-bond acceptors (Lipinski definition) is 7. The Balaban J connectivity index is 1.95. The predicted octanol–water partition coefficient (Wildman–Crippen LogP) is 0.0197. The number of nitrogens with zero attached hydrogens (tertiary/aromatic N) is 1. The van der Waals surface area contributed by atoms with E-state index in [1.54, 1.807) is 38.3 Å². The van der Waals surface area contributed by atoms with Crippen molar-refractivity contribution >= 4 is 35.4 Å². The van der Waals surface area contributed by atoms with Crippen LogP contribution in [0.3, 0.4) is 0 Å². The highest BCUT2D eigenvalue weighted by Crippen LogP contribution is 2.15. The van der Waals surface area contributed by atoms with E-state index in [9.17, 15) is 28.8 Å². The molecule has 0 saturated carbocycles. The largest absolute Gasteiger partial charge is 0.497 e. The van der Waals surface area contributed by atoms with Crippen molar-refractivity contribution in [3.05, 3.63) is 29.8 Å². The first kappa shape index (κ1) is 34.3. The van der Waals surface area contributed by atoms with Crippen LogP contribution >= 0.6 is 0 Å². The Morgan fingerprint density at radius 2 is 1.52 bits per heavy atom. The molecule has 242 valence electrons. The highest BCUT2D eigenvalue weighted by Gasteiger charge is 2.36. The van der Waals surface area contributed by atoms with E-state index in [0.717, 1.165) is 5.56 Å². The maximum Gasteiger partial charge on any atom is 0.245 e. The minimum Gasteiger partial charge on any atom is -0.497 e. The third-order valence-electron chi connectivity index (χ3n) is 7.83. The van der Waals surface area contributed by atoms with Gasteiger partial charge in [0.1, 0.15) is 29.9 Å². The highest BCUT2D eigenvalue weighted by atomic mass is 16.5. The van der Waals surface area contributed by atoms with Gasteiger partial charge in [-0.2, -0.15) is 0 Å². The molecule has 0 bridgehead atoms. The molecule has 0 radical (unpaired) electrons. The van der Waals surface area contributed by atoms with Gasteiger partial charge in [0, 0.05) is 25.4 Å². The number of carbonyl (C=O) groups excluding carboxylic acids is 6. The molecule has 3 rings (SSSR count). The molecular formula is C31H46N6O7. The summed E-state index contributed by atoms with van der Waals surface area (Å²) in [5.41, 5.74) is 0.749. The van der Waals surface area contributed by atoms with Gasteiger partial charge in [-0.3, -0.25) is 28.8 Å². The van der Waals surface area contributed by atoms with Crippen LogP contribution in [0.2, 0.25) is 0 Å². The van der Waals surface area contributed by atoms with Gasteiger partial charge in [0.15, 0.2) is 0 Å². The minimum atomic E-state index is -1.05. The Morgan fingerprint density at radius 3 is 2.09 bits per heavy atom. The van der Waals surface area contributed by atoms with Gasteiger partial charge in [0.05, 0.1) is 13.7 Å². The molecule has 2 saturated heterocycles. The van der Waals surface area contributed by atoms with Crippen LogP contribution in [0, 0.1) is 11.8 Å². The molecule has 0 spiro atoms. The fraction of sp³-hybridized carbons (Fsp3) is 0.613. The Hall–Kier alpha value is -4.16. The molecule has 0 aromatic heterocycles. The third kappa shape index (κ3) is 9.68. The van der Waals surface area contributed by atoms with Crippen LogP contribution in [-0.4, -0.2) is 90.8 Å². The van der Waals surface area contributed by atoms with Crippen molar-refractivity contribution in [2.75, 3.05) is 20.2 Å². The van der Waals surface area contributed by atoms with Gasteiger partial charge >= 0.3 is 0 Å². The van der Waals surface area contributed by atoms with E-state index in [2.05, 4.69) is 26.6 Å². The number of rotatable bonds is 7. The summed E-state index contributed by atoms with van der Waals surface area (Å²) in [6.07, 6.45) is 0.909. The number of methoxy groups -OCH3 is 1. The average Bonchev–Trinajstić information content (AvgIpc) is 3.40. The summed E-state index contributed by atoms with van der Waals surface area (Å²) in [4.78, 5) is 80.4. The van der Waals surface area contributed by atoms with E-state index in [1.807, 2.05) is 27.7 Å².